The van der Waals surface area contributed by atoms with Gasteiger partial charge in [-0.3, -0.25) is 9.96 Å². The van der Waals surface area contributed by atoms with E-state index >= 15 is 0 Å². The summed E-state index contributed by atoms with van der Waals surface area (Å²) in [6.07, 6.45) is 2.22. The third-order valence-corrected chi connectivity index (χ3v) is 7.67. The van der Waals surface area contributed by atoms with Gasteiger partial charge in [-0.25, -0.2) is 16.8 Å². The summed E-state index contributed by atoms with van der Waals surface area (Å²) < 4.78 is 103. The molecule has 0 heterocycles. The first kappa shape index (κ1) is 30.1. The Bertz CT molecular complexity index is 1620. The van der Waals surface area contributed by atoms with Gasteiger partial charge < -0.3 is 20.6 Å². The molecule has 0 aliphatic heterocycles. The van der Waals surface area contributed by atoms with Crippen LogP contribution in [0.5, 0.6) is 0 Å². The molecule has 3 rings (SSSR count). The second-order valence-electron chi connectivity index (χ2n) is 7.43. The Labute approximate surface area is 237 Å². The molecule has 1 aliphatic carbocycles. The quantitative estimate of drug-likeness (QED) is 0.219. The smallest absolute Gasteiger partial charge is 0.744 e. The van der Waals surface area contributed by atoms with Gasteiger partial charge in [-0.1, -0.05) is 12.1 Å². The molecule has 0 saturated heterocycles. The van der Waals surface area contributed by atoms with Crippen molar-refractivity contribution in [2.24, 2.45) is 0 Å². The minimum Gasteiger partial charge on any atom is -0.744 e. The molecule has 0 atom stereocenters. The zero-order valence-corrected chi connectivity index (χ0v) is 23.1. The van der Waals surface area contributed by atoms with Gasteiger partial charge in [-0.2, -0.15) is 8.42 Å². The molecule has 0 spiro atoms. The van der Waals surface area contributed by atoms with Gasteiger partial charge in [0.25, 0.3) is 10.1 Å². The molecule has 0 aromatic heterocycles. The van der Waals surface area contributed by atoms with Gasteiger partial charge in [0.05, 0.1) is 15.5 Å². The van der Waals surface area contributed by atoms with Crippen molar-refractivity contribution in [3.63, 3.8) is 0 Å². The molecule has 16 heteroatoms. The molecule has 6 N–H and O–H groups in total. The Hall–Kier alpha value is -2.08. The first-order valence-electron chi connectivity index (χ1n) is 9.34. The summed E-state index contributed by atoms with van der Waals surface area (Å²) in [5.41, 5.74) is 9.90. The molecular formula is C20H17CaN3O9S3. The number of rotatable bonds is 5. The fourth-order valence-corrected chi connectivity index (χ4v) is 5.37. The number of nitrogen functional groups attached to an aromatic ring is 2. The van der Waals surface area contributed by atoms with Crippen LogP contribution in [0.1, 0.15) is 18.1 Å². The van der Waals surface area contributed by atoms with Gasteiger partial charge >= 0.3 is 37.7 Å². The van der Waals surface area contributed by atoms with Gasteiger partial charge in [0.1, 0.15) is 25.1 Å². The maximum atomic E-state index is 11.9. The van der Waals surface area contributed by atoms with E-state index in [1.807, 2.05) is 0 Å². The second-order valence-corrected chi connectivity index (χ2v) is 11.5. The third kappa shape index (κ3) is 6.24. The summed E-state index contributed by atoms with van der Waals surface area (Å²) >= 11 is 0. The van der Waals surface area contributed by atoms with Crippen LogP contribution < -0.4 is 11.5 Å². The van der Waals surface area contributed by atoms with Crippen molar-refractivity contribution in [2.45, 2.75) is 16.7 Å². The van der Waals surface area contributed by atoms with Crippen LogP contribution in [0.3, 0.4) is 0 Å². The molecule has 186 valence electrons. The van der Waals surface area contributed by atoms with E-state index in [9.17, 15) is 38.9 Å². The number of allylic oxidation sites excluding steroid dienone is 5. The van der Waals surface area contributed by atoms with Crippen molar-refractivity contribution in [3.05, 3.63) is 75.7 Å². The molecule has 0 radical (unpaired) electrons. The molecule has 1 aliphatic rings. The third-order valence-electron chi connectivity index (χ3n) is 5.01. The summed E-state index contributed by atoms with van der Waals surface area (Å²) in [4.78, 5) is -2.39. The number of anilines is 2. The molecule has 36 heavy (non-hydrogen) atoms. The average Bonchev–Trinajstić information content (AvgIpc) is 2.70. The van der Waals surface area contributed by atoms with E-state index in [1.165, 1.54) is 25.1 Å². The summed E-state index contributed by atoms with van der Waals surface area (Å²) in [6, 6.07) is 6.53. The zero-order chi connectivity index (χ0) is 26.5. The fraction of sp³-hybridized carbons (Fsp3) is 0.0500. The van der Waals surface area contributed by atoms with E-state index in [2.05, 4.69) is 0 Å². The number of hydrogen-bond acceptors (Lipinski definition) is 11. The van der Waals surface area contributed by atoms with Crippen LogP contribution in [0.25, 0.3) is 5.57 Å². The van der Waals surface area contributed by atoms with Crippen LogP contribution in [0.4, 0.5) is 11.4 Å². The maximum absolute atomic E-state index is 11.9. The topological polar surface area (TPSA) is 245 Å². The summed E-state index contributed by atoms with van der Waals surface area (Å²) in [5.74, 6) is 0. The van der Waals surface area contributed by atoms with Crippen molar-refractivity contribution in [2.75, 3.05) is 11.5 Å². The van der Waals surface area contributed by atoms with Gasteiger partial charge in [0.2, 0.25) is 0 Å². The molecule has 0 unspecified atom stereocenters. The second kappa shape index (κ2) is 10.4. The molecule has 0 saturated carbocycles. The van der Waals surface area contributed by atoms with Crippen LogP contribution >= 0.6 is 0 Å². The van der Waals surface area contributed by atoms with Crippen molar-refractivity contribution >= 4 is 90.8 Å². The summed E-state index contributed by atoms with van der Waals surface area (Å²) in [5, 5.41) is 7.96. The van der Waals surface area contributed by atoms with Gasteiger partial charge in [-0.15, -0.1) is 0 Å². The van der Waals surface area contributed by atoms with Gasteiger partial charge in [0.15, 0.2) is 0 Å². The molecule has 12 nitrogen and oxygen atoms in total. The average molecular weight is 580 g/mol. The Morgan fingerprint density at radius 2 is 1.25 bits per heavy atom. The van der Waals surface area contributed by atoms with E-state index < -0.39 is 50.8 Å². The van der Waals surface area contributed by atoms with Crippen LogP contribution in [-0.4, -0.2) is 82.4 Å². The summed E-state index contributed by atoms with van der Waals surface area (Å²) in [7, 11) is -15.0. The number of benzene rings is 2. The van der Waals surface area contributed by atoms with Gasteiger partial charge in [0, 0.05) is 11.4 Å². The SMILES string of the molecule is CC1=CC(=C(c2ccc(N)c(S(=O)(=O)[O-])c2)c2ccc(N)c(S(=O)(=O)[O-])c2)C=C(S(=O)(=O)O)C1=N.[Ca+2]. The molecule has 2 aromatic carbocycles. The standard InChI is InChI=1S/C20H19N3O9S3.Ca/c1-10-6-13(9-18(20(10)23)35(30,31)32)19(11-2-4-14(21)16(7-11)33(24,25)26)12-3-5-15(22)17(8-12)34(27,28)29;/h2-9,23H,21-22H2,1H3,(H,24,25,26)(H,27,28,29)(H,30,31,32);/q;+2/p-2. The van der Waals surface area contributed by atoms with E-state index in [1.54, 1.807) is 0 Å². The van der Waals surface area contributed by atoms with E-state index in [0.29, 0.717) is 0 Å². The Balaban J connectivity index is 0.00000456. The number of nitrogens with two attached hydrogens (primary N) is 2. The van der Waals surface area contributed by atoms with E-state index in [-0.39, 0.29) is 77.0 Å². The van der Waals surface area contributed by atoms with Crippen molar-refractivity contribution in [3.8, 4) is 0 Å². The van der Waals surface area contributed by atoms with E-state index in [4.69, 9.17) is 16.9 Å². The minimum absolute atomic E-state index is 0. The molecule has 0 bridgehead atoms. The van der Waals surface area contributed by atoms with Gasteiger partial charge in [-0.05, 0) is 71.2 Å². The fourth-order valence-electron chi connectivity index (χ4n) is 3.42. The number of nitrogens with one attached hydrogen (secondary N) is 1. The number of hydrogen-bond donors (Lipinski definition) is 4. The zero-order valence-electron chi connectivity index (χ0n) is 18.4. The van der Waals surface area contributed by atoms with Crippen LogP contribution in [0.2, 0.25) is 0 Å². The van der Waals surface area contributed by atoms with Crippen molar-refractivity contribution in [1.29, 1.82) is 5.41 Å². The Morgan fingerprint density at radius 3 is 1.61 bits per heavy atom. The van der Waals surface area contributed by atoms with Crippen molar-refractivity contribution < 1.29 is 38.9 Å². The molecule has 2 aromatic rings. The minimum atomic E-state index is -5.06. The van der Waals surface area contributed by atoms with Crippen LogP contribution in [0, 0.1) is 5.41 Å². The molecular weight excluding hydrogens is 563 g/mol. The predicted molar refractivity (Wildman–Crippen MR) is 131 cm³/mol. The normalized spacial score (nSPS) is 14.6. The first-order chi connectivity index (χ1) is 15.9. The first-order valence-corrected chi connectivity index (χ1v) is 13.6. The van der Waals surface area contributed by atoms with E-state index in [0.717, 1.165) is 30.3 Å². The Morgan fingerprint density at radius 1 is 0.833 bits per heavy atom. The molecule has 0 amide bonds. The molecule has 0 fully saturated rings. The monoisotopic (exact) mass is 579 g/mol. The largest absolute Gasteiger partial charge is 2.00 e. The van der Waals surface area contributed by atoms with Crippen LogP contribution in [0.15, 0.2) is 74.4 Å². The summed E-state index contributed by atoms with van der Waals surface area (Å²) in [6.45, 7) is 1.37. The van der Waals surface area contributed by atoms with Crippen molar-refractivity contribution in [1.82, 2.24) is 0 Å². The van der Waals surface area contributed by atoms with Crippen LogP contribution in [-0.2, 0) is 30.4 Å². The maximum Gasteiger partial charge on any atom is 2.00 e. The predicted octanol–water partition coefficient (Wildman–Crippen LogP) is 0.832. The Kier molecular flexibility index (Phi) is 8.67.